The molecule has 1 aromatic rings. The molecule has 0 amide bonds. The Morgan fingerprint density at radius 3 is 2.44 bits per heavy atom. The third-order valence-electron chi connectivity index (χ3n) is 2.89. The van der Waals surface area contributed by atoms with Crippen molar-refractivity contribution in [2.24, 2.45) is 10.2 Å². The number of hydrogen-bond acceptors (Lipinski definition) is 3. The molecule has 3 nitrogen and oxygen atoms in total. The lowest BCUT2D eigenvalue weighted by Gasteiger charge is -2.31. The lowest BCUT2D eigenvalue weighted by Crippen LogP contribution is -2.37. The van der Waals surface area contributed by atoms with Gasteiger partial charge in [-0.1, -0.05) is 35.9 Å². The molecule has 18 heavy (non-hydrogen) atoms. The van der Waals surface area contributed by atoms with Gasteiger partial charge in [0, 0.05) is 6.42 Å². The molecule has 1 aromatic carbocycles. The van der Waals surface area contributed by atoms with Crippen molar-refractivity contribution in [3.05, 3.63) is 54.3 Å². The number of likely N-dealkylation sites (N-methyl/N-ethyl adjacent to an activating group) is 1. The monoisotopic (exact) mass is 261 g/mol. The number of halogens is 1. The van der Waals surface area contributed by atoms with Crippen LogP contribution in [-0.4, -0.2) is 24.0 Å². The first-order valence-electron chi connectivity index (χ1n) is 5.83. The van der Waals surface area contributed by atoms with Crippen molar-refractivity contribution in [2.45, 2.75) is 11.4 Å². The minimum Gasteiger partial charge on any atom is -0.288 e. The van der Waals surface area contributed by atoms with Crippen LogP contribution in [-0.2, 0) is 0 Å². The van der Waals surface area contributed by atoms with E-state index in [2.05, 4.69) is 10.2 Å². The third kappa shape index (κ3) is 3.06. The predicted octanol–water partition coefficient (Wildman–Crippen LogP) is 4.11. The van der Waals surface area contributed by atoms with Crippen LogP contribution in [0, 0.1) is 0 Å². The molecule has 1 atom stereocenters. The third-order valence-corrected chi connectivity index (χ3v) is 3.51. The second-order valence-corrected chi connectivity index (χ2v) is 5.07. The summed E-state index contributed by atoms with van der Waals surface area (Å²) in [7, 11) is 3.92. The number of alkyl halides is 1. The molecule has 0 saturated heterocycles. The van der Waals surface area contributed by atoms with Gasteiger partial charge in [-0.3, -0.25) is 4.90 Å². The summed E-state index contributed by atoms with van der Waals surface area (Å²) in [6.45, 7) is 0. The van der Waals surface area contributed by atoms with Gasteiger partial charge in [0.2, 0.25) is 0 Å². The van der Waals surface area contributed by atoms with E-state index in [1.54, 1.807) is 0 Å². The Morgan fingerprint density at radius 2 is 1.89 bits per heavy atom. The maximum atomic E-state index is 6.41. The van der Waals surface area contributed by atoms with E-state index >= 15 is 0 Å². The maximum absolute atomic E-state index is 6.41. The van der Waals surface area contributed by atoms with Crippen LogP contribution in [0.15, 0.2) is 64.5 Å². The maximum Gasteiger partial charge on any atom is 0.118 e. The molecule has 0 fully saturated rings. The van der Waals surface area contributed by atoms with Crippen molar-refractivity contribution >= 4 is 17.3 Å². The minimum atomic E-state index is -0.439. The van der Waals surface area contributed by atoms with Crippen LogP contribution in [0.5, 0.6) is 0 Å². The summed E-state index contributed by atoms with van der Waals surface area (Å²) in [5, 5.41) is 8.37. The van der Waals surface area contributed by atoms with Crippen LogP contribution in [0.2, 0.25) is 0 Å². The molecule has 0 heterocycles. The minimum absolute atomic E-state index is 0.439. The summed E-state index contributed by atoms with van der Waals surface area (Å²) in [6, 6.07) is 9.67. The van der Waals surface area contributed by atoms with Crippen LogP contribution in [0.1, 0.15) is 6.42 Å². The van der Waals surface area contributed by atoms with E-state index in [9.17, 15) is 0 Å². The van der Waals surface area contributed by atoms with E-state index < -0.39 is 5.00 Å². The highest BCUT2D eigenvalue weighted by atomic mass is 35.5. The lowest BCUT2D eigenvalue weighted by atomic mass is 10.1. The number of rotatable bonds is 3. The van der Waals surface area contributed by atoms with Crippen LogP contribution < -0.4 is 0 Å². The molecule has 94 valence electrons. The second-order valence-electron chi connectivity index (χ2n) is 4.42. The summed E-state index contributed by atoms with van der Waals surface area (Å²) >= 11 is 6.41. The number of nitrogens with zero attached hydrogens (tertiary/aromatic N) is 3. The van der Waals surface area contributed by atoms with Gasteiger partial charge < -0.3 is 0 Å². The highest BCUT2D eigenvalue weighted by Crippen LogP contribution is 2.30. The zero-order chi connectivity index (χ0) is 13.0. The standard InChI is InChI=1S/C14H16ClN3/c1-18(2)14(15)10-8-13(9-11-14)17-16-12-6-4-3-5-7-12/h3-10H,11H2,1-2H3. The molecule has 1 aliphatic carbocycles. The fourth-order valence-electron chi connectivity index (χ4n) is 1.61. The van der Waals surface area contributed by atoms with Gasteiger partial charge in [0.1, 0.15) is 5.00 Å². The SMILES string of the molecule is CN(C)C1(Cl)C=CC(N=Nc2ccccc2)=CC1. The highest BCUT2D eigenvalue weighted by molar-refractivity contribution is 6.25. The van der Waals surface area contributed by atoms with E-state index in [0.717, 1.165) is 17.8 Å². The summed E-state index contributed by atoms with van der Waals surface area (Å²) in [6.07, 6.45) is 6.58. The zero-order valence-corrected chi connectivity index (χ0v) is 11.3. The van der Waals surface area contributed by atoms with E-state index in [-0.39, 0.29) is 0 Å². The molecule has 0 bridgehead atoms. The first-order valence-corrected chi connectivity index (χ1v) is 6.20. The van der Waals surface area contributed by atoms with Gasteiger partial charge in [0.25, 0.3) is 0 Å². The van der Waals surface area contributed by atoms with Crippen molar-refractivity contribution in [3.63, 3.8) is 0 Å². The van der Waals surface area contributed by atoms with Crippen LogP contribution in [0.25, 0.3) is 0 Å². The molecular weight excluding hydrogens is 246 g/mol. The Hall–Kier alpha value is -1.45. The molecule has 0 aliphatic heterocycles. The number of hydrogen-bond donors (Lipinski definition) is 0. The summed E-state index contributed by atoms with van der Waals surface area (Å²) < 4.78 is 0. The molecule has 1 unspecified atom stereocenters. The van der Waals surface area contributed by atoms with Gasteiger partial charge in [-0.2, -0.15) is 10.2 Å². The Bertz CT molecular complexity index is 491. The molecule has 4 heteroatoms. The molecule has 0 N–H and O–H groups in total. The molecule has 0 spiro atoms. The highest BCUT2D eigenvalue weighted by Gasteiger charge is 2.27. The Balaban J connectivity index is 2.04. The van der Waals surface area contributed by atoms with Gasteiger partial charge in [0.05, 0.1) is 11.4 Å². The average molecular weight is 262 g/mol. The fourth-order valence-corrected chi connectivity index (χ4v) is 1.75. The van der Waals surface area contributed by atoms with Crippen molar-refractivity contribution in [2.75, 3.05) is 14.1 Å². The van der Waals surface area contributed by atoms with Crippen molar-refractivity contribution in [1.82, 2.24) is 4.90 Å². The van der Waals surface area contributed by atoms with Gasteiger partial charge in [-0.15, -0.1) is 0 Å². The zero-order valence-electron chi connectivity index (χ0n) is 10.5. The summed E-state index contributed by atoms with van der Waals surface area (Å²) in [5.41, 5.74) is 1.69. The van der Waals surface area contributed by atoms with Gasteiger partial charge in [-0.05, 0) is 38.4 Å². The van der Waals surface area contributed by atoms with E-state index in [4.69, 9.17) is 11.6 Å². The second kappa shape index (κ2) is 5.46. The predicted molar refractivity (Wildman–Crippen MR) is 75.1 cm³/mol. The van der Waals surface area contributed by atoms with Gasteiger partial charge in [0.15, 0.2) is 0 Å². The number of azo groups is 1. The van der Waals surface area contributed by atoms with Gasteiger partial charge in [-0.25, -0.2) is 0 Å². The number of allylic oxidation sites excluding steroid dienone is 1. The molecule has 0 radical (unpaired) electrons. The largest absolute Gasteiger partial charge is 0.288 e. The quantitative estimate of drug-likeness (QED) is 0.457. The van der Waals surface area contributed by atoms with Crippen molar-refractivity contribution in [3.8, 4) is 0 Å². The fraction of sp³-hybridized carbons (Fsp3) is 0.286. The Morgan fingerprint density at radius 1 is 1.17 bits per heavy atom. The first kappa shape index (κ1) is 13.0. The first-order chi connectivity index (χ1) is 8.60. The smallest absolute Gasteiger partial charge is 0.118 e. The molecule has 0 aromatic heterocycles. The molecule has 1 aliphatic rings. The van der Waals surface area contributed by atoms with Crippen LogP contribution >= 0.6 is 11.6 Å². The van der Waals surface area contributed by atoms with Crippen LogP contribution in [0.4, 0.5) is 5.69 Å². The normalized spacial score (nSPS) is 23.7. The topological polar surface area (TPSA) is 28.0 Å². The van der Waals surface area contributed by atoms with E-state index in [0.29, 0.717) is 0 Å². The Labute approximate surface area is 112 Å². The van der Waals surface area contributed by atoms with Crippen molar-refractivity contribution in [1.29, 1.82) is 0 Å². The van der Waals surface area contributed by atoms with Gasteiger partial charge >= 0.3 is 0 Å². The molecule has 2 rings (SSSR count). The molecular formula is C14H16ClN3. The lowest BCUT2D eigenvalue weighted by molar-refractivity contribution is 0.300. The number of benzene rings is 1. The summed E-state index contributed by atoms with van der Waals surface area (Å²) in [4.78, 5) is 1.54. The average Bonchev–Trinajstić information content (AvgIpc) is 2.39. The van der Waals surface area contributed by atoms with Crippen molar-refractivity contribution < 1.29 is 0 Å². The van der Waals surface area contributed by atoms with Crippen LogP contribution in [0.3, 0.4) is 0 Å². The van der Waals surface area contributed by atoms with E-state index in [1.807, 2.05) is 67.6 Å². The Kier molecular flexibility index (Phi) is 3.94. The van der Waals surface area contributed by atoms with E-state index in [1.165, 1.54) is 0 Å². The summed E-state index contributed by atoms with van der Waals surface area (Å²) in [5.74, 6) is 0. The molecule has 0 saturated carbocycles.